The van der Waals surface area contributed by atoms with Gasteiger partial charge in [-0.3, -0.25) is 9.69 Å². The van der Waals surface area contributed by atoms with Gasteiger partial charge in [0.15, 0.2) is 11.5 Å². The highest BCUT2D eigenvalue weighted by Crippen LogP contribution is 2.34. The lowest BCUT2D eigenvalue weighted by Gasteiger charge is -2.26. The van der Waals surface area contributed by atoms with Crippen molar-refractivity contribution in [3.63, 3.8) is 0 Å². The minimum Gasteiger partial charge on any atom is -0.497 e. The van der Waals surface area contributed by atoms with Crippen LogP contribution in [0.1, 0.15) is 24.5 Å². The highest BCUT2D eigenvalue weighted by atomic mass is 16.5. The molecule has 1 aliphatic rings. The molecular formula is C25H30N2O6. The van der Waals surface area contributed by atoms with Crippen LogP contribution in [0.2, 0.25) is 0 Å². The van der Waals surface area contributed by atoms with E-state index in [0.717, 1.165) is 10.5 Å². The number of carbonyl (C=O) groups excluding carboxylic acids is 2. The van der Waals surface area contributed by atoms with E-state index in [-0.39, 0.29) is 13.2 Å². The lowest BCUT2D eigenvalue weighted by Crippen LogP contribution is -2.44. The topological polar surface area (TPSA) is 97.3 Å². The fourth-order valence-corrected chi connectivity index (χ4v) is 3.88. The largest absolute Gasteiger partial charge is 0.497 e. The van der Waals surface area contributed by atoms with Crippen LogP contribution in [0.4, 0.5) is 4.79 Å². The zero-order chi connectivity index (χ0) is 24.0. The predicted molar refractivity (Wildman–Crippen MR) is 124 cm³/mol. The molecule has 0 aromatic heterocycles. The molecular weight excluding hydrogens is 424 g/mol. The van der Waals surface area contributed by atoms with Crippen LogP contribution < -0.4 is 19.5 Å². The third-order valence-electron chi connectivity index (χ3n) is 5.72. The van der Waals surface area contributed by atoms with Gasteiger partial charge in [0.1, 0.15) is 24.0 Å². The monoisotopic (exact) mass is 454 g/mol. The average molecular weight is 455 g/mol. The second-order valence-corrected chi connectivity index (χ2v) is 7.78. The molecule has 0 radical (unpaired) electrons. The number of urea groups is 1. The SMILES string of the molecule is C=CCc1ccc(OC[C@H](O)CN2C(=O)N[C@](CC)(c3ccc(OC)cc3)C2=O)c(OC)c1. The highest BCUT2D eigenvalue weighted by Gasteiger charge is 2.51. The lowest BCUT2D eigenvalue weighted by molar-refractivity contribution is -0.133. The van der Waals surface area contributed by atoms with E-state index < -0.39 is 23.6 Å². The summed E-state index contributed by atoms with van der Waals surface area (Å²) in [5.74, 6) is 1.23. The van der Waals surface area contributed by atoms with E-state index in [1.807, 2.05) is 19.1 Å². The maximum Gasteiger partial charge on any atom is 0.325 e. The van der Waals surface area contributed by atoms with Crippen molar-refractivity contribution < 1.29 is 28.9 Å². The van der Waals surface area contributed by atoms with Crippen LogP contribution in [0.5, 0.6) is 17.2 Å². The second-order valence-electron chi connectivity index (χ2n) is 7.78. The third kappa shape index (κ3) is 4.96. The molecule has 176 valence electrons. The number of imide groups is 1. The van der Waals surface area contributed by atoms with Crippen molar-refractivity contribution in [3.8, 4) is 17.2 Å². The van der Waals surface area contributed by atoms with Crippen molar-refractivity contribution in [2.45, 2.75) is 31.4 Å². The van der Waals surface area contributed by atoms with Gasteiger partial charge >= 0.3 is 6.03 Å². The molecule has 2 aromatic rings. The number of ether oxygens (including phenoxy) is 3. The van der Waals surface area contributed by atoms with Gasteiger partial charge in [0, 0.05) is 0 Å². The number of aliphatic hydroxyl groups excluding tert-OH is 1. The Labute approximate surface area is 193 Å². The Hall–Kier alpha value is -3.52. The number of nitrogens with zero attached hydrogens (tertiary/aromatic N) is 1. The first-order valence-corrected chi connectivity index (χ1v) is 10.8. The summed E-state index contributed by atoms with van der Waals surface area (Å²) in [5.41, 5.74) is 0.485. The van der Waals surface area contributed by atoms with Gasteiger partial charge in [-0.05, 0) is 48.2 Å². The number of hydrogen-bond acceptors (Lipinski definition) is 6. The third-order valence-corrected chi connectivity index (χ3v) is 5.72. The van der Waals surface area contributed by atoms with E-state index in [1.165, 1.54) is 7.11 Å². The minimum absolute atomic E-state index is 0.115. The Morgan fingerprint density at radius 2 is 1.85 bits per heavy atom. The zero-order valence-electron chi connectivity index (χ0n) is 19.2. The Kier molecular flexibility index (Phi) is 7.60. The van der Waals surface area contributed by atoms with Crippen LogP contribution in [0.25, 0.3) is 0 Å². The van der Waals surface area contributed by atoms with Crippen molar-refractivity contribution in [3.05, 3.63) is 66.2 Å². The maximum atomic E-state index is 13.3. The molecule has 8 nitrogen and oxygen atoms in total. The second kappa shape index (κ2) is 10.4. The number of rotatable bonds is 11. The summed E-state index contributed by atoms with van der Waals surface area (Å²) in [7, 11) is 3.09. The molecule has 0 spiro atoms. The first-order valence-electron chi connectivity index (χ1n) is 10.8. The number of benzene rings is 2. The maximum absolute atomic E-state index is 13.3. The molecule has 3 amide bonds. The number of β-amino-alcohol motifs (C(OH)–C–C–N with tert-alkyl or cyclic N) is 1. The number of nitrogens with one attached hydrogen (secondary N) is 1. The van der Waals surface area contributed by atoms with Crippen molar-refractivity contribution in [2.75, 3.05) is 27.4 Å². The van der Waals surface area contributed by atoms with E-state index >= 15 is 0 Å². The standard InChI is InChI=1S/C25H30N2O6/c1-5-7-17-8-13-21(22(14-17)32-4)33-16-19(28)15-27-23(29)25(6-2,26-24(27)30)18-9-11-20(31-3)12-10-18/h5,8-14,19,28H,1,6-7,15-16H2,2-4H3,(H,26,30)/t19-,25-/m1/s1. The van der Waals surface area contributed by atoms with Crippen LogP contribution in [0.15, 0.2) is 55.1 Å². The van der Waals surface area contributed by atoms with Gasteiger partial charge in [0.25, 0.3) is 5.91 Å². The Morgan fingerprint density at radius 3 is 2.45 bits per heavy atom. The number of methoxy groups -OCH3 is 2. The van der Waals surface area contributed by atoms with Gasteiger partial charge in [-0.15, -0.1) is 6.58 Å². The van der Waals surface area contributed by atoms with Gasteiger partial charge < -0.3 is 24.6 Å². The van der Waals surface area contributed by atoms with Crippen LogP contribution in [0, 0.1) is 0 Å². The molecule has 2 aromatic carbocycles. The molecule has 1 aliphatic heterocycles. The van der Waals surface area contributed by atoms with Crippen LogP contribution in [0.3, 0.4) is 0 Å². The van der Waals surface area contributed by atoms with Crippen LogP contribution in [-0.2, 0) is 16.8 Å². The zero-order valence-corrected chi connectivity index (χ0v) is 19.2. The van der Waals surface area contributed by atoms with E-state index in [9.17, 15) is 14.7 Å². The lowest BCUT2D eigenvalue weighted by atomic mass is 9.87. The molecule has 1 fully saturated rings. The van der Waals surface area contributed by atoms with Crippen molar-refractivity contribution in [1.29, 1.82) is 0 Å². The molecule has 0 aliphatic carbocycles. The fraction of sp³-hybridized carbons (Fsp3) is 0.360. The quantitative estimate of drug-likeness (QED) is 0.400. The summed E-state index contributed by atoms with van der Waals surface area (Å²) in [6.45, 7) is 5.24. The molecule has 2 N–H and O–H groups in total. The van der Waals surface area contributed by atoms with E-state index in [0.29, 0.717) is 35.7 Å². The van der Waals surface area contributed by atoms with E-state index in [1.54, 1.807) is 43.5 Å². The summed E-state index contributed by atoms with van der Waals surface area (Å²) in [6, 6.07) is 11.9. The smallest absolute Gasteiger partial charge is 0.325 e. The molecule has 3 rings (SSSR count). The predicted octanol–water partition coefficient (Wildman–Crippen LogP) is 3.03. The van der Waals surface area contributed by atoms with E-state index in [4.69, 9.17) is 14.2 Å². The molecule has 1 saturated heterocycles. The number of hydrogen-bond donors (Lipinski definition) is 2. The number of allylic oxidation sites excluding steroid dienone is 1. The number of carbonyl (C=O) groups is 2. The summed E-state index contributed by atoms with van der Waals surface area (Å²) >= 11 is 0. The molecule has 8 heteroatoms. The first kappa shape index (κ1) is 24.1. The van der Waals surface area contributed by atoms with Crippen molar-refractivity contribution in [2.24, 2.45) is 0 Å². The van der Waals surface area contributed by atoms with Crippen molar-refractivity contribution >= 4 is 11.9 Å². The van der Waals surface area contributed by atoms with Crippen LogP contribution in [-0.4, -0.2) is 55.4 Å². The summed E-state index contributed by atoms with van der Waals surface area (Å²) in [4.78, 5) is 27.0. The van der Waals surface area contributed by atoms with Gasteiger partial charge in [-0.1, -0.05) is 31.2 Å². The van der Waals surface area contributed by atoms with Crippen molar-refractivity contribution in [1.82, 2.24) is 10.2 Å². The molecule has 33 heavy (non-hydrogen) atoms. The molecule has 0 saturated carbocycles. The number of aliphatic hydroxyl groups is 1. The van der Waals surface area contributed by atoms with Crippen LogP contribution >= 0.6 is 0 Å². The average Bonchev–Trinajstić information content (AvgIpc) is 3.08. The normalized spacial score (nSPS) is 18.6. The van der Waals surface area contributed by atoms with Gasteiger partial charge in [-0.2, -0.15) is 0 Å². The van der Waals surface area contributed by atoms with Gasteiger partial charge in [-0.25, -0.2) is 4.79 Å². The molecule has 0 bridgehead atoms. The molecule has 0 unspecified atom stereocenters. The Balaban J connectivity index is 1.68. The fourth-order valence-electron chi connectivity index (χ4n) is 3.88. The molecule has 1 heterocycles. The summed E-state index contributed by atoms with van der Waals surface area (Å²) in [6.07, 6.45) is 1.76. The Morgan fingerprint density at radius 1 is 1.12 bits per heavy atom. The number of amides is 3. The molecule has 2 atom stereocenters. The summed E-state index contributed by atoms with van der Waals surface area (Å²) < 4.78 is 16.2. The minimum atomic E-state index is -1.19. The first-order chi connectivity index (χ1) is 15.9. The summed E-state index contributed by atoms with van der Waals surface area (Å²) in [5, 5.41) is 13.3. The van der Waals surface area contributed by atoms with Gasteiger partial charge in [0.2, 0.25) is 0 Å². The Bertz CT molecular complexity index is 1010. The van der Waals surface area contributed by atoms with Gasteiger partial charge in [0.05, 0.1) is 20.8 Å². The van der Waals surface area contributed by atoms with E-state index in [2.05, 4.69) is 11.9 Å². The highest BCUT2D eigenvalue weighted by molar-refractivity contribution is 6.07.